The molecule has 1 heterocycles. The number of nitrogens with one attached hydrogen (secondary N) is 1. The lowest BCUT2D eigenvalue weighted by Crippen LogP contribution is -2.44. The predicted molar refractivity (Wildman–Crippen MR) is 132 cm³/mol. The van der Waals surface area contributed by atoms with Gasteiger partial charge in [0, 0.05) is 8.59 Å². The van der Waals surface area contributed by atoms with Gasteiger partial charge in [0.25, 0.3) is 11.8 Å². The van der Waals surface area contributed by atoms with E-state index in [0.717, 1.165) is 17.0 Å². The standard InChI is InChI=1S/C24H15ClF3IN2O5/c25-14-5-1-13(2-6-14)20(23(34)35)31-19(12-3-8-16(9-4-12)36-24(26,27)28)21(32)30-18-10-7-15(29)11-17(18)22(31)33/h1-11,19-20H,(H,30,32)(H,34,35). The number of ether oxygens (including phenoxy) is 1. The number of amides is 2. The minimum Gasteiger partial charge on any atom is -0.479 e. The zero-order chi connectivity index (χ0) is 26.2. The fraction of sp³-hybridized carbons (Fsp3) is 0.125. The molecule has 3 aromatic carbocycles. The maximum atomic E-state index is 13.8. The fourth-order valence-corrected chi connectivity index (χ4v) is 4.50. The van der Waals surface area contributed by atoms with E-state index >= 15 is 0 Å². The van der Waals surface area contributed by atoms with E-state index in [9.17, 15) is 32.7 Å². The first-order valence-corrected chi connectivity index (χ1v) is 11.7. The summed E-state index contributed by atoms with van der Waals surface area (Å²) >= 11 is 7.92. The number of rotatable bonds is 5. The molecule has 0 fully saturated rings. The van der Waals surface area contributed by atoms with Crippen molar-refractivity contribution in [1.82, 2.24) is 4.90 Å². The number of carbonyl (C=O) groups is 3. The minimum atomic E-state index is -4.93. The van der Waals surface area contributed by atoms with Crippen LogP contribution in [0.3, 0.4) is 0 Å². The van der Waals surface area contributed by atoms with Crippen molar-refractivity contribution in [2.45, 2.75) is 18.4 Å². The summed E-state index contributed by atoms with van der Waals surface area (Å²) in [6.45, 7) is 0. The predicted octanol–water partition coefficient (Wildman–Crippen LogP) is 5.80. The van der Waals surface area contributed by atoms with Gasteiger partial charge in [-0.05, 0) is 76.2 Å². The van der Waals surface area contributed by atoms with Crippen molar-refractivity contribution in [3.63, 3.8) is 0 Å². The summed E-state index contributed by atoms with van der Waals surface area (Å²) in [5.74, 6) is -3.46. The number of nitrogens with zero attached hydrogens (tertiary/aromatic N) is 1. The molecule has 36 heavy (non-hydrogen) atoms. The van der Waals surface area contributed by atoms with Crippen LogP contribution in [0, 0.1) is 3.57 Å². The van der Waals surface area contributed by atoms with Crippen LogP contribution >= 0.6 is 34.2 Å². The lowest BCUT2D eigenvalue weighted by molar-refractivity contribution is -0.274. The highest BCUT2D eigenvalue weighted by Crippen LogP contribution is 2.39. The molecule has 0 saturated heterocycles. The number of carboxylic acids is 1. The number of alkyl halides is 3. The molecule has 1 aliphatic rings. The smallest absolute Gasteiger partial charge is 0.479 e. The molecule has 0 radical (unpaired) electrons. The highest BCUT2D eigenvalue weighted by Gasteiger charge is 2.44. The van der Waals surface area contributed by atoms with Crippen LogP contribution in [-0.4, -0.2) is 34.2 Å². The van der Waals surface area contributed by atoms with Crippen molar-refractivity contribution in [1.29, 1.82) is 0 Å². The van der Waals surface area contributed by atoms with Gasteiger partial charge in [0.2, 0.25) is 0 Å². The Morgan fingerprint density at radius 2 is 1.69 bits per heavy atom. The number of carbonyl (C=O) groups excluding carboxylic acids is 2. The zero-order valence-corrected chi connectivity index (χ0v) is 20.8. The molecule has 186 valence electrons. The molecule has 2 unspecified atom stereocenters. The molecule has 12 heteroatoms. The van der Waals surface area contributed by atoms with Gasteiger partial charge in [-0.2, -0.15) is 0 Å². The van der Waals surface area contributed by atoms with E-state index in [-0.39, 0.29) is 22.4 Å². The molecule has 7 nitrogen and oxygen atoms in total. The first-order valence-electron chi connectivity index (χ1n) is 10.2. The number of carboxylic acid groups (broad SMARTS) is 1. The number of aliphatic carboxylic acids is 1. The van der Waals surface area contributed by atoms with Crippen LogP contribution < -0.4 is 10.1 Å². The number of hydrogen-bond acceptors (Lipinski definition) is 4. The van der Waals surface area contributed by atoms with E-state index in [0.29, 0.717) is 8.59 Å². The summed E-state index contributed by atoms with van der Waals surface area (Å²) in [6.07, 6.45) is -4.93. The highest BCUT2D eigenvalue weighted by molar-refractivity contribution is 14.1. The van der Waals surface area contributed by atoms with E-state index in [2.05, 4.69) is 10.1 Å². The van der Waals surface area contributed by atoms with Crippen LogP contribution in [0.5, 0.6) is 5.75 Å². The third kappa shape index (κ3) is 5.41. The third-order valence-corrected chi connectivity index (χ3v) is 6.28. The fourth-order valence-electron chi connectivity index (χ4n) is 3.88. The Morgan fingerprint density at radius 1 is 1.06 bits per heavy atom. The van der Waals surface area contributed by atoms with Gasteiger partial charge in [-0.25, -0.2) is 4.79 Å². The Bertz CT molecular complexity index is 1330. The molecule has 0 aromatic heterocycles. The average Bonchev–Trinajstić information content (AvgIpc) is 2.89. The van der Waals surface area contributed by atoms with Gasteiger partial charge in [0.15, 0.2) is 6.04 Å². The van der Waals surface area contributed by atoms with Crippen molar-refractivity contribution in [2.75, 3.05) is 5.32 Å². The second kappa shape index (κ2) is 9.97. The first kappa shape index (κ1) is 25.8. The molecular formula is C24H15ClF3IN2O5. The second-order valence-corrected chi connectivity index (χ2v) is 9.39. The maximum absolute atomic E-state index is 13.8. The molecule has 0 spiro atoms. The summed E-state index contributed by atoms with van der Waals surface area (Å²) in [5, 5.41) is 13.1. The van der Waals surface area contributed by atoms with Gasteiger partial charge >= 0.3 is 12.3 Å². The highest BCUT2D eigenvalue weighted by atomic mass is 127. The number of halogens is 5. The lowest BCUT2D eigenvalue weighted by atomic mass is 9.97. The molecular weight excluding hydrogens is 616 g/mol. The molecule has 0 saturated carbocycles. The zero-order valence-electron chi connectivity index (χ0n) is 17.9. The number of benzene rings is 3. The molecule has 3 aromatic rings. The van der Waals surface area contributed by atoms with Crippen molar-refractivity contribution in [3.8, 4) is 5.75 Å². The Morgan fingerprint density at radius 3 is 2.28 bits per heavy atom. The Balaban J connectivity index is 1.88. The van der Waals surface area contributed by atoms with E-state index in [1.54, 1.807) is 6.07 Å². The number of fused-ring (bicyclic) bond motifs is 1. The van der Waals surface area contributed by atoms with Gasteiger partial charge in [-0.1, -0.05) is 35.9 Å². The molecule has 1 aliphatic heterocycles. The third-order valence-electron chi connectivity index (χ3n) is 5.36. The molecule has 2 N–H and O–H groups in total. The van der Waals surface area contributed by atoms with Gasteiger partial charge in [-0.3, -0.25) is 9.59 Å². The van der Waals surface area contributed by atoms with Gasteiger partial charge in [0.05, 0.1) is 11.3 Å². The van der Waals surface area contributed by atoms with E-state index in [1.807, 2.05) is 22.6 Å². The molecule has 2 amide bonds. The van der Waals surface area contributed by atoms with E-state index < -0.39 is 42.0 Å². The Hall–Kier alpha value is -3.32. The van der Waals surface area contributed by atoms with Crippen molar-refractivity contribution in [2.24, 2.45) is 0 Å². The maximum Gasteiger partial charge on any atom is 0.573 e. The Labute approximate surface area is 220 Å². The molecule has 0 aliphatic carbocycles. The second-order valence-electron chi connectivity index (χ2n) is 7.70. The van der Waals surface area contributed by atoms with Crippen LogP contribution in [0.4, 0.5) is 18.9 Å². The van der Waals surface area contributed by atoms with E-state index in [4.69, 9.17) is 11.6 Å². The average molecular weight is 631 g/mol. The lowest BCUT2D eigenvalue weighted by Gasteiger charge is -2.34. The monoisotopic (exact) mass is 630 g/mol. The van der Waals surface area contributed by atoms with Crippen molar-refractivity contribution < 1.29 is 37.4 Å². The first-order chi connectivity index (χ1) is 16.9. The topological polar surface area (TPSA) is 95.9 Å². The summed E-state index contributed by atoms with van der Waals surface area (Å²) < 4.78 is 42.4. The molecule has 4 rings (SSSR count). The largest absolute Gasteiger partial charge is 0.573 e. The number of anilines is 1. The van der Waals surface area contributed by atoms with Crippen molar-refractivity contribution in [3.05, 3.63) is 92.0 Å². The van der Waals surface area contributed by atoms with Gasteiger partial charge in [-0.15, -0.1) is 13.2 Å². The van der Waals surface area contributed by atoms with Crippen LogP contribution in [-0.2, 0) is 9.59 Å². The summed E-state index contributed by atoms with van der Waals surface area (Å²) in [4.78, 5) is 40.7. The van der Waals surface area contributed by atoms with Crippen LogP contribution in [0.15, 0.2) is 66.7 Å². The van der Waals surface area contributed by atoms with Crippen molar-refractivity contribution >= 4 is 57.7 Å². The van der Waals surface area contributed by atoms with Crippen LogP contribution in [0.2, 0.25) is 5.02 Å². The van der Waals surface area contributed by atoms with E-state index in [1.165, 1.54) is 48.5 Å². The SMILES string of the molecule is O=C(O)C(c1ccc(Cl)cc1)N1C(=O)c2cc(I)ccc2NC(=O)C1c1ccc(OC(F)(F)F)cc1. The molecule has 2 atom stereocenters. The van der Waals surface area contributed by atoms with Gasteiger partial charge < -0.3 is 20.1 Å². The quantitative estimate of drug-likeness (QED) is 0.348. The molecule has 0 bridgehead atoms. The van der Waals surface area contributed by atoms with Gasteiger partial charge in [0.1, 0.15) is 11.8 Å². The number of hydrogen-bond donors (Lipinski definition) is 2. The minimum absolute atomic E-state index is 0.0648. The van der Waals surface area contributed by atoms with Crippen LogP contribution in [0.25, 0.3) is 0 Å². The summed E-state index contributed by atoms with van der Waals surface area (Å²) in [6, 6.07) is 11.6. The summed E-state index contributed by atoms with van der Waals surface area (Å²) in [5.41, 5.74) is 0.493. The normalized spacial score (nSPS) is 16.6. The Kier molecular flexibility index (Phi) is 7.14. The van der Waals surface area contributed by atoms with Crippen LogP contribution in [0.1, 0.15) is 33.6 Å². The summed E-state index contributed by atoms with van der Waals surface area (Å²) in [7, 11) is 0.